The Balaban J connectivity index is 2.10. The van der Waals surface area contributed by atoms with Gasteiger partial charge in [0.05, 0.1) is 0 Å². The molecule has 2 N–H and O–H groups in total. The van der Waals surface area contributed by atoms with Crippen LogP contribution < -0.4 is 5.32 Å². The fourth-order valence-electron chi connectivity index (χ4n) is 1.76. The number of unbranched alkanes of at least 4 members (excludes halogenated alkanes) is 3. The maximum absolute atomic E-state index is 11.7. The molecule has 0 spiro atoms. The van der Waals surface area contributed by atoms with E-state index in [1.54, 1.807) is 0 Å². The van der Waals surface area contributed by atoms with Gasteiger partial charge in [0, 0.05) is 23.1 Å². The molecule has 1 aromatic carbocycles. The zero-order valence-corrected chi connectivity index (χ0v) is 12.8. The smallest absolute Gasteiger partial charge is 0.233 e. The molecule has 1 rings (SSSR count). The molecule has 0 fully saturated rings. The number of benzene rings is 1. The van der Waals surface area contributed by atoms with E-state index < -0.39 is 0 Å². The third-order valence-electron chi connectivity index (χ3n) is 2.77. The molecule has 6 heteroatoms. The summed E-state index contributed by atoms with van der Waals surface area (Å²) in [7, 11) is 0. The van der Waals surface area contributed by atoms with Gasteiger partial charge in [0.1, 0.15) is 0 Å². The molecular formula is C14H19BrN2O3. The highest BCUT2D eigenvalue weighted by atomic mass is 79.9. The second kappa shape index (κ2) is 9.50. The van der Waals surface area contributed by atoms with Crippen LogP contribution in [0.1, 0.15) is 32.1 Å². The number of carbonyl (C=O) groups excluding carboxylic acids is 2. The zero-order valence-electron chi connectivity index (χ0n) is 11.2. The van der Waals surface area contributed by atoms with Crippen LogP contribution in [0, 0.1) is 0 Å². The van der Waals surface area contributed by atoms with Crippen molar-refractivity contribution >= 4 is 33.9 Å². The first-order chi connectivity index (χ1) is 9.61. The molecule has 0 aliphatic carbocycles. The van der Waals surface area contributed by atoms with Gasteiger partial charge in [-0.25, -0.2) is 5.06 Å². The van der Waals surface area contributed by atoms with E-state index in [0.29, 0.717) is 24.4 Å². The minimum absolute atomic E-state index is 0.000207. The number of anilines is 1. The Morgan fingerprint density at radius 2 is 2.05 bits per heavy atom. The Hall–Kier alpha value is -1.40. The molecule has 0 unspecified atom stereocenters. The van der Waals surface area contributed by atoms with Gasteiger partial charge in [0.15, 0.2) is 0 Å². The summed E-state index contributed by atoms with van der Waals surface area (Å²) in [5, 5.41) is 12.4. The summed E-state index contributed by atoms with van der Waals surface area (Å²) in [5.74, 6) is -0.000207. The number of hydrogen-bond donors (Lipinski definition) is 2. The molecule has 0 heterocycles. The summed E-state index contributed by atoms with van der Waals surface area (Å²) >= 11 is 3.35. The summed E-state index contributed by atoms with van der Waals surface area (Å²) in [4.78, 5) is 21.8. The fraction of sp³-hybridized carbons (Fsp3) is 0.429. The van der Waals surface area contributed by atoms with Gasteiger partial charge in [-0.3, -0.25) is 14.8 Å². The van der Waals surface area contributed by atoms with Crippen LogP contribution in [0.4, 0.5) is 5.69 Å². The van der Waals surface area contributed by atoms with Gasteiger partial charge in [-0.1, -0.05) is 34.8 Å². The van der Waals surface area contributed by atoms with Crippen molar-refractivity contribution in [3.8, 4) is 0 Å². The lowest BCUT2D eigenvalue weighted by Gasteiger charge is -2.08. The van der Waals surface area contributed by atoms with Crippen LogP contribution in [0.25, 0.3) is 0 Å². The quantitative estimate of drug-likeness (QED) is 0.313. The molecule has 20 heavy (non-hydrogen) atoms. The Kier molecular flexibility index (Phi) is 7.91. The van der Waals surface area contributed by atoms with Crippen LogP contribution in [0.5, 0.6) is 0 Å². The maximum Gasteiger partial charge on any atom is 0.233 e. The van der Waals surface area contributed by atoms with Crippen molar-refractivity contribution < 1.29 is 14.8 Å². The molecule has 0 aliphatic rings. The molecule has 0 atom stereocenters. The lowest BCUT2D eigenvalue weighted by Crippen LogP contribution is -2.17. The van der Waals surface area contributed by atoms with Crippen molar-refractivity contribution in [1.82, 2.24) is 5.06 Å². The summed E-state index contributed by atoms with van der Waals surface area (Å²) in [6.07, 6.45) is 4.19. The first kappa shape index (κ1) is 16.7. The van der Waals surface area contributed by atoms with E-state index in [9.17, 15) is 9.59 Å². The molecule has 0 aromatic heterocycles. The van der Waals surface area contributed by atoms with Crippen molar-refractivity contribution in [1.29, 1.82) is 0 Å². The second-order valence-electron chi connectivity index (χ2n) is 4.49. The number of nitrogens with one attached hydrogen (secondary N) is 1. The summed E-state index contributed by atoms with van der Waals surface area (Å²) in [5.41, 5.74) is 0.784. The topological polar surface area (TPSA) is 69.6 Å². The second-order valence-corrected chi connectivity index (χ2v) is 5.41. The summed E-state index contributed by atoms with van der Waals surface area (Å²) in [6, 6.07) is 7.47. The molecule has 2 amide bonds. The van der Waals surface area contributed by atoms with Crippen LogP contribution in [0.3, 0.4) is 0 Å². The van der Waals surface area contributed by atoms with E-state index in [4.69, 9.17) is 5.21 Å². The lowest BCUT2D eigenvalue weighted by molar-refractivity contribution is -0.149. The highest BCUT2D eigenvalue weighted by Gasteiger charge is 2.03. The van der Waals surface area contributed by atoms with Gasteiger partial charge >= 0.3 is 0 Å². The molecule has 0 saturated heterocycles. The lowest BCUT2D eigenvalue weighted by atomic mass is 10.1. The van der Waals surface area contributed by atoms with Crippen LogP contribution in [0.15, 0.2) is 28.7 Å². The molecule has 0 radical (unpaired) electrons. The molecule has 0 saturated carbocycles. The average Bonchev–Trinajstić information content (AvgIpc) is 2.42. The van der Waals surface area contributed by atoms with Crippen LogP contribution in [-0.4, -0.2) is 29.1 Å². The Bertz CT molecular complexity index is 440. The Morgan fingerprint density at radius 1 is 1.30 bits per heavy atom. The SMILES string of the molecule is O=CN(O)CCCCCCC(=O)Nc1cccc(Br)c1. The number of amides is 2. The van der Waals surface area contributed by atoms with Crippen molar-refractivity contribution in [2.75, 3.05) is 11.9 Å². The van der Waals surface area contributed by atoms with Gasteiger partial charge in [-0.15, -0.1) is 0 Å². The Labute approximate surface area is 127 Å². The molecule has 1 aromatic rings. The van der Waals surface area contributed by atoms with Gasteiger partial charge in [0.25, 0.3) is 0 Å². The molecule has 110 valence electrons. The van der Waals surface area contributed by atoms with E-state index in [1.807, 2.05) is 24.3 Å². The monoisotopic (exact) mass is 342 g/mol. The van der Waals surface area contributed by atoms with Crippen molar-refractivity contribution in [2.24, 2.45) is 0 Å². The summed E-state index contributed by atoms with van der Waals surface area (Å²) < 4.78 is 0.930. The van der Waals surface area contributed by atoms with Crippen molar-refractivity contribution in [3.05, 3.63) is 28.7 Å². The van der Waals surface area contributed by atoms with Crippen LogP contribution in [0.2, 0.25) is 0 Å². The highest BCUT2D eigenvalue weighted by molar-refractivity contribution is 9.10. The van der Waals surface area contributed by atoms with Gasteiger partial charge < -0.3 is 5.32 Å². The number of carbonyl (C=O) groups is 2. The fourth-order valence-corrected chi connectivity index (χ4v) is 2.15. The predicted octanol–water partition coefficient (Wildman–Crippen LogP) is 3.19. The normalized spacial score (nSPS) is 10.1. The molecular weight excluding hydrogens is 324 g/mol. The third kappa shape index (κ3) is 7.25. The van der Waals surface area contributed by atoms with E-state index in [2.05, 4.69) is 21.2 Å². The van der Waals surface area contributed by atoms with Gasteiger partial charge in [-0.05, 0) is 31.0 Å². The predicted molar refractivity (Wildman–Crippen MR) is 80.4 cm³/mol. The third-order valence-corrected chi connectivity index (χ3v) is 3.26. The minimum Gasteiger partial charge on any atom is -0.326 e. The van der Waals surface area contributed by atoms with Crippen molar-refractivity contribution in [3.63, 3.8) is 0 Å². The molecule has 0 bridgehead atoms. The van der Waals surface area contributed by atoms with E-state index in [1.165, 1.54) is 0 Å². The number of rotatable bonds is 9. The highest BCUT2D eigenvalue weighted by Crippen LogP contribution is 2.16. The minimum atomic E-state index is -0.000207. The maximum atomic E-state index is 11.7. The standard InChI is InChI=1S/C14H19BrN2O3/c15-12-6-5-7-13(10-12)16-14(19)8-3-1-2-4-9-17(20)11-18/h5-7,10-11,20H,1-4,8-9H2,(H,16,19). The van der Waals surface area contributed by atoms with E-state index in [-0.39, 0.29) is 5.91 Å². The van der Waals surface area contributed by atoms with Crippen LogP contribution >= 0.6 is 15.9 Å². The molecule has 5 nitrogen and oxygen atoms in total. The number of hydrogen-bond acceptors (Lipinski definition) is 3. The van der Waals surface area contributed by atoms with Crippen molar-refractivity contribution in [2.45, 2.75) is 32.1 Å². The van der Waals surface area contributed by atoms with Gasteiger partial charge in [-0.2, -0.15) is 0 Å². The Morgan fingerprint density at radius 3 is 2.75 bits per heavy atom. The van der Waals surface area contributed by atoms with Gasteiger partial charge in [0.2, 0.25) is 12.3 Å². The number of nitrogens with zero attached hydrogens (tertiary/aromatic N) is 1. The van der Waals surface area contributed by atoms with E-state index in [0.717, 1.165) is 35.8 Å². The zero-order chi connectivity index (χ0) is 14.8. The molecule has 0 aliphatic heterocycles. The first-order valence-corrected chi connectivity index (χ1v) is 7.37. The van der Waals surface area contributed by atoms with Crippen LogP contribution in [-0.2, 0) is 9.59 Å². The van der Waals surface area contributed by atoms with E-state index >= 15 is 0 Å². The largest absolute Gasteiger partial charge is 0.326 e. The number of hydroxylamine groups is 2. The first-order valence-electron chi connectivity index (χ1n) is 6.58. The summed E-state index contributed by atoms with van der Waals surface area (Å²) in [6.45, 7) is 0.341. The number of halogens is 1. The average molecular weight is 343 g/mol.